The van der Waals surface area contributed by atoms with Crippen molar-refractivity contribution >= 4 is 0 Å². The van der Waals surface area contributed by atoms with Crippen molar-refractivity contribution in [1.29, 1.82) is 0 Å². The number of fused-ring (bicyclic) bond motifs is 1. The molecular formula is C6H11NO3. The van der Waals surface area contributed by atoms with E-state index in [0.29, 0.717) is 13.2 Å². The summed E-state index contributed by atoms with van der Waals surface area (Å²) in [5, 5.41) is 9.21. The maximum Gasteiger partial charge on any atom is 0.113 e. The number of rotatable bonds is 0. The van der Waals surface area contributed by atoms with Gasteiger partial charge in [-0.1, -0.05) is 0 Å². The van der Waals surface area contributed by atoms with Gasteiger partial charge in [-0.3, -0.25) is 0 Å². The third kappa shape index (κ3) is 0.769. The third-order valence-corrected chi connectivity index (χ3v) is 2.07. The molecule has 0 spiro atoms. The first-order valence-electron chi connectivity index (χ1n) is 3.46. The van der Waals surface area contributed by atoms with Crippen molar-refractivity contribution in [2.75, 3.05) is 13.2 Å². The lowest BCUT2D eigenvalue weighted by Gasteiger charge is -2.10. The zero-order chi connectivity index (χ0) is 7.14. The summed E-state index contributed by atoms with van der Waals surface area (Å²) in [6, 6.07) is -0.0536. The molecule has 2 rings (SSSR count). The number of ether oxygens (including phenoxy) is 2. The fourth-order valence-electron chi connectivity index (χ4n) is 1.51. The second kappa shape index (κ2) is 2.17. The zero-order valence-electron chi connectivity index (χ0n) is 5.56. The average Bonchev–Trinajstić information content (AvgIpc) is 2.41. The molecule has 2 aliphatic rings. The van der Waals surface area contributed by atoms with Crippen LogP contribution in [-0.2, 0) is 9.47 Å². The highest BCUT2D eigenvalue weighted by molar-refractivity contribution is 4.95. The van der Waals surface area contributed by atoms with Gasteiger partial charge in [-0.05, 0) is 0 Å². The minimum atomic E-state index is -0.474. The fraction of sp³-hybridized carbons (Fsp3) is 1.00. The van der Waals surface area contributed by atoms with Gasteiger partial charge in [-0.2, -0.15) is 0 Å². The van der Waals surface area contributed by atoms with Crippen LogP contribution in [0.15, 0.2) is 0 Å². The zero-order valence-corrected chi connectivity index (χ0v) is 5.56. The predicted molar refractivity (Wildman–Crippen MR) is 33.5 cm³/mol. The van der Waals surface area contributed by atoms with Crippen LogP contribution >= 0.6 is 0 Å². The summed E-state index contributed by atoms with van der Waals surface area (Å²) in [6.45, 7) is 0.870. The average molecular weight is 145 g/mol. The van der Waals surface area contributed by atoms with E-state index in [4.69, 9.17) is 15.2 Å². The smallest absolute Gasteiger partial charge is 0.113 e. The van der Waals surface area contributed by atoms with Gasteiger partial charge in [0.2, 0.25) is 0 Å². The van der Waals surface area contributed by atoms with E-state index in [-0.39, 0.29) is 18.2 Å². The Hall–Kier alpha value is -0.160. The van der Waals surface area contributed by atoms with Crippen molar-refractivity contribution in [2.24, 2.45) is 5.73 Å². The van der Waals surface area contributed by atoms with Crippen molar-refractivity contribution in [3.05, 3.63) is 0 Å². The lowest BCUT2D eigenvalue weighted by molar-refractivity contribution is 0.0182. The molecule has 0 unspecified atom stereocenters. The van der Waals surface area contributed by atoms with E-state index in [2.05, 4.69) is 0 Å². The van der Waals surface area contributed by atoms with Crippen molar-refractivity contribution in [3.8, 4) is 0 Å². The normalized spacial score (nSPS) is 53.4. The van der Waals surface area contributed by atoms with E-state index in [1.807, 2.05) is 0 Å². The summed E-state index contributed by atoms with van der Waals surface area (Å²) in [4.78, 5) is 0. The van der Waals surface area contributed by atoms with Gasteiger partial charge in [0.1, 0.15) is 18.3 Å². The SMILES string of the molecule is N[C@H]1CO[C@@H]2[C@H]1OC[C@H]2O. The van der Waals surface area contributed by atoms with E-state index >= 15 is 0 Å². The quantitative estimate of drug-likeness (QED) is 0.434. The van der Waals surface area contributed by atoms with E-state index in [1.54, 1.807) is 0 Å². The Morgan fingerprint density at radius 2 is 1.90 bits per heavy atom. The molecular weight excluding hydrogens is 134 g/mol. The second-order valence-electron chi connectivity index (χ2n) is 2.83. The highest BCUT2D eigenvalue weighted by atomic mass is 16.6. The Kier molecular flexibility index (Phi) is 1.42. The third-order valence-electron chi connectivity index (χ3n) is 2.07. The molecule has 0 aromatic carbocycles. The van der Waals surface area contributed by atoms with Gasteiger partial charge in [0.15, 0.2) is 0 Å². The van der Waals surface area contributed by atoms with E-state index in [1.165, 1.54) is 0 Å². The van der Waals surface area contributed by atoms with E-state index in [0.717, 1.165) is 0 Å². The number of hydrogen-bond donors (Lipinski definition) is 2. The lowest BCUT2D eigenvalue weighted by Crippen LogP contribution is -2.36. The molecule has 58 valence electrons. The van der Waals surface area contributed by atoms with Gasteiger partial charge < -0.3 is 20.3 Å². The minimum Gasteiger partial charge on any atom is -0.388 e. The minimum absolute atomic E-state index is 0.0536. The molecule has 4 atom stereocenters. The lowest BCUT2D eigenvalue weighted by atomic mass is 10.1. The Bertz CT molecular complexity index is 125. The largest absolute Gasteiger partial charge is 0.388 e. The first-order chi connectivity index (χ1) is 4.79. The molecule has 0 saturated carbocycles. The standard InChI is InChI=1S/C6H11NO3/c7-3-1-9-6-4(8)2-10-5(3)6/h3-6,8H,1-2,7H2/t3-,4+,5-,6-/m0/s1. The first-order valence-corrected chi connectivity index (χ1v) is 3.46. The van der Waals surface area contributed by atoms with Crippen LogP contribution < -0.4 is 5.73 Å². The van der Waals surface area contributed by atoms with Crippen LogP contribution in [0.25, 0.3) is 0 Å². The van der Waals surface area contributed by atoms with Gasteiger partial charge in [-0.15, -0.1) is 0 Å². The number of hydrogen-bond acceptors (Lipinski definition) is 4. The molecule has 0 amide bonds. The van der Waals surface area contributed by atoms with E-state index < -0.39 is 6.10 Å². The molecule has 2 saturated heterocycles. The molecule has 4 nitrogen and oxygen atoms in total. The molecule has 0 aromatic rings. The first kappa shape index (κ1) is 6.54. The molecule has 3 N–H and O–H groups in total. The van der Waals surface area contributed by atoms with Crippen LogP contribution in [0.3, 0.4) is 0 Å². The highest BCUT2D eigenvalue weighted by Crippen LogP contribution is 2.25. The predicted octanol–water partition coefficient (Wildman–Crippen LogP) is -1.53. The number of nitrogens with two attached hydrogens (primary N) is 1. The molecule has 10 heavy (non-hydrogen) atoms. The number of aliphatic hydroxyl groups is 1. The summed E-state index contributed by atoms with van der Waals surface area (Å²) < 4.78 is 10.4. The molecule has 0 aromatic heterocycles. The van der Waals surface area contributed by atoms with Gasteiger partial charge in [0, 0.05) is 0 Å². The van der Waals surface area contributed by atoms with Crippen LogP contribution in [0.4, 0.5) is 0 Å². The molecule has 2 heterocycles. The van der Waals surface area contributed by atoms with Gasteiger partial charge in [-0.25, -0.2) is 0 Å². The van der Waals surface area contributed by atoms with Crippen LogP contribution in [0, 0.1) is 0 Å². The molecule has 2 fully saturated rings. The molecule has 0 aliphatic carbocycles. The summed E-state index contributed by atoms with van der Waals surface area (Å²) in [5.74, 6) is 0. The molecule has 0 radical (unpaired) electrons. The Morgan fingerprint density at radius 3 is 2.60 bits per heavy atom. The van der Waals surface area contributed by atoms with Crippen LogP contribution in [-0.4, -0.2) is 42.7 Å². The van der Waals surface area contributed by atoms with Crippen molar-refractivity contribution in [3.63, 3.8) is 0 Å². The van der Waals surface area contributed by atoms with Crippen LogP contribution in [0.2, 0.25) is 0 Å². The van der Waals surface area contributed by atoms with Gasteiger partial charge in [0.05, 0.1) is 19.3 Å². The monoisotopic (exact) mass is 145 g/mol. The summed E-state index contributed by atoms with van der Waals surface area (Å²) in [5.41, 5.74) is 5.62. The maximum atomic E-state index is 9.21. The Balaban J connectivity index is 2.09. The Morgan fingerprint density at radius 1 is 1.20 bits per heavy atom. The molecule has 2 aliphatic heterocycles. The van der Waals surface area contributed by atoms with E-state index in [9.17, 15) is 5.11 Å². The Labute approximate surface area is 58.9 Å². The molecule has 4 heteroatoms. The van der Waals surface area contributed by atoms with Crippen molar-refractivity contribution in [1.82, 2.24) is 0 Å². The van der Waals surface area contributed by atoms with Gasteiger partial charge in [0.25, 0.3) is 0 Å². The second-order valence-corrected chi connectivity index (χ2v) is 2.83. The van der Waals surface area contributed by atoms with Gasteiger partial charge >= 0.3 is 0 Å². The summed E-state index contributed by atoms with van der Waals surface area (Å²) in [7, 11) is 0. The fourth-order valence-corrected chi connectivity index (χ4v) is 1.51. The van der Waals surface area contributed by atoms with Crippen molar-refractivity contribution in [2.45, 2.75) is 24.4 Å². The summed E-state index contributed by atoms with van der Waals surface area (Å²) >= 11 is 0. The van der Waals surface area contributed by atoms with Crippen molar-refractivity contribution < 1.29 is 14.6 Å². The highest BCUT2D eigenvalue weighted by Gasteiger charge is 2.45. The topological polar surface area (TPSA) is 64.7 Å². The van der Waals surface area contributed by atoms with Crippen LogP contribution in [0.5, 0.6) is 0 Å². The number of aliphatic hydroxyl groups excluding tert-OH is 1. The van der Waals surface area contributed by atoms with Crippen LogP contribution in [0.1, 0.15) is 0 Å². The summed E-state index contributed by atoms with van der Waals surface area (Å²) in [6.07, 6.45) is -0.719. The molecule has 0 bridgehead atoms. The maximum absolute atomic E-state index is 9.21.